The number of ether oxygens (including phenoxy) is 1. The Hall–Kier alpha value is -4.93. The SMILES string of the molecule is CCN1Cc2c(Oc3ccc(NC(=O)Nc4c(-c5ccccc5)noc4C)cc3F)ccnc2NC1=O. The zero-order chi connectivity index (χ0) is 25.9. The number of halogens is 1. The van der Waals surface area contributed by atoms with E-state index in [4.69, 9.17) is 9.26 Å². The molecular weight excluding hydrogens is 479 g/mol. The molecule has 0 aliphatic carbocycles. The van der Waals surface area contributed by atoms with E-state index in [1.165, 1.54) is 18.3 Å². The molecule has 11 heteroatoms. The van der Waals surface area contributed by atoms with Gasteiger partial charge in [-0.3, -0.25) is 5.32 Å². The van der Waals surface area contributed by atoms with Crippen LogP contribution in [0.25, 0.3) is 11.3 Å². The fourth-order valence-electron chi connectivity index (χ4n) is 3.90. The summed E-state index contributed by atoms with van der Waals surface area (Å²) in [5, 5.41) is 12.1. The third-order valence-corrected chi connectivity index (χ3v) is 5.81. The van der Waals surface area contributed by atoms with E-state index in [-0.39, 0.29) is 24.0 Å². The average Bonchev–Trinajstić information content (AvgIpc) is 3.25. The van der Waals surface area contributed by atoms with E-state index in [1.54, 1.807) is 17.9 Å². The lowest BCUT2D eigenvalue weighted by atomic mass is 10.1. The van der Waals surface area contributed by atoms with Crippen molar-refractivity contribution in [2.45, 2.75) is 20.4 Å². The maximum absolute atomic E-state index is 14.9. The first kappa shape index (κ1) is 23.8. The second-order valence-corrected chi connectivity index (χ2v) is 8.24. The number of anilines is 3. The van der Waals surface area contributed by atoms with Crippen molar-refractivity contribution in [3.05, 3.63) is 77.9 Å². The fraction of sp³-hybridized carbons (Fsp3) is 0.154. The van der Waals surface area contributed by atoms with Crippen LogP contribution in [0.15, 0.2) is 65.3 Å². The van der Waals surface area contributed by atoms with Crippen LogP contribution in [0, 0.1) is 12.7 Å². The minimum absolute atomic E-state index is 0.0412. The Morgan fingerprint density at radius 1 is 1.16 bits per heavy atom. The molecule has 0 fully saturated rings. The van der Waals surface area contributed by atoms with Gasteiger partial charge in [0, 0.05) is 30.1 Å². The van der Waals surface area contributed by atoms with E-state index in [0.29, 0.717) is 40.8 Å². The van der Waals surface area contributed by atoms with Crippen LogP contribution in [0.3, 0.4) is 0 Å². The molecule has 0 unspecified atom stereocenters. The number of nitrogens with zero attached hydrogens (tertiary/aromatic N) is 3. The molecule has 4 aromatic rings. The number of rotatable bonds is 6. The summed E-state index contributed by atoms with van der Waals surface area (Å²) < 4.78 is 26.0. The largest absolute Gasteiger partial charge is 0.454 e. The van der Waals surface area contributed by atoms with Gasteiger partial charge in [-0.15, -0.1) is 0 Å². The molecule has 0 saturated heterocycles. The minimum atomic E-state index is -0.679. The second-order valence-electron chi connectivity index (χ2n) is 8.24. The highest BCUT2D eigenvalue weighted by atomic mass is 19.1. The summed E-state index contributed by atoms with van der Waals surface area (Å²) in [6.07, 6.45) is 1.48. The summed E-state index contributed by atoms with van der Waals surface area (Å²) in [6.45, 7) is 4.33. The standard InChI is InChI=1S/C26H23FN6O4/c1-3-33-14-18-20(11-12-28-24(18)31-26(33)35)36-21-10-9-17(13-19(21)27)29-25(34)30-22-15(2)37-32-23(22)16-7-5-4-6-8-16/h4-13H,3,14H2,1-2H3,(H,28,31,35)(H2,29,30,34). The highest BCUT2D eigenvalue weighted by molar-refractivity contribution is 6.02. The van der Waals surface area contributed by atoms with Gasteiger partial charge < -0.3 is 24.8 Å². The first-order valence-corrected chi connectivity index (χ1v) is 11.5. The lowest BCUT2D eigenvalue weighted by Gasteiger charge is -2.28. The fourth-order valence-corrected chi connectivity index (χ4v) is 3.90. The Bertz CT molecular complexity index is 1470. The molecule has 10 nitrogen and oxygen atoms in total. The second kappa shape index (κ2) is 9.97. The molecule has 0 bridgehead atoms. The highest BCUT2D eigenvalue weighted by Crippen LogP contribution is 2.35. The number of amides is 4. The van der Waals surface area contributed by atoms with Crippen LogP contribution in [0.5, 0.6) is 11.5 Å². The molecule has 0 saturated carbocycles. The topological polar surface area (TPSA) is 122 Å². The maximum Gasteiger partial charge on any atom is 0.323 e. The van der Waals surface area contributed by atoms with Gasteiger partial charge in [-0.25, -0.2) is 19.0 Å². The van der Waals surface area contributed by atoms with E-state index < -0.39 is 11.8 Å². The molecule has 1 aliphatic heterocycles. The zero-order valence-corrected chi connectivity index (χ0v) is 20.0. The highest BCUT2D eigenvalue weighted by Gasteiger charge is 2.26. The van der Waals surface area contributed by atoms with E-state index >= 15 is 0 Å². The lowest BCUT2D eigenvalue weighted by molar-refractivity contribution is 0.209. The van der Waals surface area contributed by atoms with Gasteiger partial charge in [0.15, 0.2) is 17.3 Å². The van der Waals surface area contributed by atoms with Crippen LogP contribution in [0.2, 0.25) is 0 Å². The summed E-state index contributed by atoms with van der Waals surface area (Å²) in [4.78, 5) is 30.5. The number of carbonyl (C=O) groups is 2. The maximum atomic E-state index is 14.9. The van der Waals surface area contributed by atoms with Crippen molar-refractivity contribution in [1.29, 1.82) is 0 Å². The van der Waals surface area contributed by atoms with Crippen LogP contribution >= 0.6 is 0 Å². The van der Waals surface area contributed by atoms with Gasteiger partial charge >= 0.3 is 12.1 Å². The Morgan fingerprint density at radius 2 is 1.97 bits per heavy atom. The molecule has 188 valence electrons. The Kier molecular flexibility index (Phi) is 6.42. The van der Waals surface area contributed by atoms with E-state index in [9.17, 15) is 14.0 Å². The molecule has 0 radical (unpaired) electrons. The summed E-state index contributed by atoms with van der Waals surface area (Å²) in [6, 6.07) is 14.1. The molecule has 3 N–H and O–H groups in total. The molecule has 3 heterocycles. The Balaban J connectivity index is 1.30. The number of pyridine rings is 1. The van der Waals surface area contributed by atoms with Crippen LogP contribution in [0.1, 0.15) is 18.2 Å². The summed E-state index contributed by atoms with van der Waals surface area (Å²) in [5.74, 6) is 0.461. The monoisotopic (exact) mass is 502 g/mol. The quantitative estimate of drug-likeness (QED) is 0.298. The Labute approximate surface area is 211 Å². The number of hydrogen-bond donors (Lipinski definition) is 3. The van der Waals surface area contributed by atoms with Crippen molar-refractivity contribution in [3.63, 3.8) is 0 Å². The third kappa shape index (κ3) is 4.92. The molecule has 2 aromatic carbocycles. The molecule has 2 aromatic heterocycles. The first-order chi connectivity index (χ1) is 17.9. The zero-order valence-electron chi connectivity index (χ0n) is 20.0. The molecule has 37 heavy (non-hydrogen) atoms. The van der Waals surface area contributed by atoms with Gasteiger partial charge in [-0.2, -0.15) is 0 Å². The van der Waals surface area contributed by atoms with Gasteiger partial charge in [0.1, 0.15) is 22.9 Å². The molecule has 4 amide bonds. The number of nitrogens with one attached hydrogen (secondary N) is 3. The molecule has 5 rings (SSSR count). The van der Waals surface area contributed by atoms with Crippen molar-refractivity contribution in [1.82, 2.24) is 15.0 Å². The molecular formula is C26H23FN6O4. The van der Waals surface area contributed by atoms with Gasteiger partial charge in [0.25, 0.3) is 0 Å². The normalized spacial score (nSPS) is 12.5. The van der Waals surface area contributed by atoms with Crippen LogP contribution < -0.4 is 20.7 Å². The number of fused-ring (bicyclic) bond motifs is 1. The van der Waals surface area contributed by atoms with Gasteiger partial charge in [0.05, 0.1) is 12.1 Å². The number of urea groups is 2. The number of benzene rings is 2. The van der Waals surface area contributed by atoms with Crippen molar-refractivity contribution >= 4 is 29.3 Å². The number of hydrogen-bond acceptors (Lipinski definition) is 6. The van der Waals surface area contributed by atoms with Crippen molar-refractivity contribution < 1.29 is 23.2 Å². The van der Waals surface area contributed by atoms with Gasteiger partial charge in [-0.05, 0) is 32.0 Å². The molecule has 0 atom stereocenters. The van der Waals surface area contributed by atoms with E-state index in [1.807, 2.05) is 37.3 Å². The Morgan fingerprint density at radius 3 is 2.73 bits per heavy atom. The van der Waals surface area contributed by atoms with E-state index in [0.717, 1.165) is 11.6 Å². The first-order valence-electron chi connectivity index (χ1n) is 11.5. The van der Waals surface area contributed by atoms with Crippen LogP contribution in [-0.4, -0.2) is 33.6 Å². The predicted octanol–water partition coefficient (Wildman–Crippen LogP) is 5.99. The van der Waals surface area contributed by atoms with E-state index in [2.05, 4.69) is 26.1 Å². The van der Waals surface area contributed by atoms with Crippen LogP contribution in [0.4, 0.5) is 31.2 Å². The van der Waals surface area contributed by atoms with Crippen LogP contribution in [-0.2, 0) is 6.54 Å². The predicted molar refractivity (Wildman–Crippen MR) is 135 cm³/mol. The van der Waals surface area contributed by atoms with Crippen molar-refractivity contribution in [2.24, 2.45) is 0 Å². The minimum Gasteiger partial charge on any atom is -0.454 e. The summed E-state index contributed by atoms with van der Waals surface area (Å²) >= 11 is 0. The van der Waals surface area contributed by atoms with Gasteiger partial charge in [0.2, 0.25) is 0 Å². The number of aromatic nitrogens is 2. The smallest absolute Gasteiger partial charge is 0.323 e. The lowest BCUT2D eigenvalue weighted by Crippen LogP contribution is -2.38. The molecule has 0 spiro atoms. The van der Waals surface area contributed by atoms with Crippen molar-refractivity contribution in [3.8, 4) is 22.8 Å². The number of aryl methyl sites for hydroxylation is 1. The van der Waals surface area contributed by atoms with Gasteiger partial charge in [-0.1, -0.05) is 35.5 Å². The third-order valence-electron chi connectivity index (χ3n) is 5.81. The molecule has 1 aliphatic rings. The summed E-state index contributed by atoms with van der Waals surface area (Å²) in [7, 11) is 0. The average molecular weight is 503 g/mol. The number of carbonyl (C=O) groups excluding carboxylic acids is 2. The van der Waals surface area contributed by atoms with Crippen molar-refractivity contribution in [2.75, 3.05) is 22.5 Å². The summed E-state index contributed by atoms with van der Waals surface area (Å²) in [5.41, 5.74) is 2.55.